The number of carbonyl (C=O) groups is 1. The van der Waals surface area contributed by atoms with Crippen molar-refractivity contribution < 1.29 is 9.53 Å². The van der Waals surface area contributed by atoms with E-state index in [1.165, 1.54) is 12.8 Å². The Bertz CT molecular complexity index is 701. The van der Waals surface area contributed by atoms with E-state index in [4.69, 9.17) is 4.74 Å². The molecule has 1 fully saturated rings. The lowest BCUT2D eigenvalue weighted by Crippen LogP contribution is -2.33. The third kappa shape index (κ3) is 3.82. The Kier molecular flexibility index (Phi) is 4.65. The number of aromatic nitrogens is 3. The zero-order valence-corrected chi connectivity index (χ0v) is 14.2. The third-order valence-corrected chi connectivity index (χ3v) is 4.77. The molecule has 1 N–H and O–H groups in total. The van der Waals surface area contributed by atoms with E-state index >= 15 is 0 Å². The van der Waals surface area contributed by atoms with Crippen molar-refractivity contribution in [3.8, 4) is 5.75 Å². The van der Waals surface area contributed by atoms with Crippen LogP contribution in [0.5, 0.6) is 5.75 Å². The molecule has 0 aliphatic carbocycles. The Morgan fingerprint density at radius 3 is 2.84 bits per heavy atom. The Hall–Kier alpha value is -2.41. The number of ether oxygens (including phenoxy) is 1. The van der Waals surface area contributed by atoms with Gasteiger partial charge in [0.2, 0.25) is 0 Å². The summed E-state index contributed by atoms with van der Waals surface area (Å²) in [4.78, 5) is 18.6. The average Bonchev–Trinajstić information content (AvgIpc) is 3.32. The predicted molar refractivity (Wildman–Crippen MR) is 92.6 cm³/mol. The lowest BCUT2D eigenvalue weighted by Gasteiger charge is -2.14. The molecule has 7 nitrogen and oxygen atoms in total. The summed E-state index contributed by atoms with van der Waals surface area (Å²) < 4.78 is 7.81. The Morgan fingerprint density at radius 1 is 1.28 bits per heavy atom. The van der Waals surface area contributed by atoms with Gasteiger partial charge in [-0.1, -0.05) is 0 Å². The van der Waals surface area contributed by atoms with E-state index in [-0.39, 0.29) is 12.0 Å². The number of amides is 1. The molecule has 2 aliphatic rings. The molecule has 0 radical (unpaired) electrons. The number of nitrogens with zero attached hydrogens (tertiary/aromatic N) is 4. The van der Waals surface area contributed by atoms with Crippen molar-refractivity contribution in [2.75, 3.05) is 26.2 Å². The molecule has 1 amide bonds. The molecule has 4 rings (SSSR count). The van der Waals surface area contributed by atoms with Gasteiger partial charge < -0.3 is 15.0 Å². The quantitative estimate of drug-likeness (QED) is 0.852. The van der Waals surface area contributed by atoms with E-state index in [1.807, 2.05) is 22.9 Å². The van der Waals surface area contributed by atoms with Gasteiger partial charge in [-0.05, 0) is 44.1 Å². The molecule has 2 aromatic rings. The molecule has 0 aromatic carbocycles. The molecule has 4 heterocycles. The zero-order valence-electron chi connectivity index (χ0n) is 14.2. The summed E-state index contributed by atoms with van der Waals surface area (Å²) in [7, 11) is 0. The van der Waals surface area contributed by atoms with Gasteiger partial charge in [0.1, 0.15) is 17.5 Å². The van der Waals surface area contributed by atoms with Gasteiger partial charge in [0, 0.05) is 37.6 Å². The topological polar surface area (TPSA) is 72.3 Å². The molecule has 0 unspecified atom stereocenters. The molecule has 1 saturated heterocycles. The SMILES string of the molecule is O=C(NCCN1CCCC1)c1cc2n(n1)C[C@@H](Oc1ccncc1)C2. The zero-order chi connectivity index (χ0) is 17.1. The van der Waals surface area contributed by atoms with Crippen LogP contribution in [0.2, 0.25) is 0 Å². The molecular formula is C18H23N5O2. The molecule has 0 spiro atoms. The van der Waals surface area contributed by atoms with Gasteiger partial charge in [-0.15, -0.1) is 0 Å². The number of hydrogen-bond acceptors (Lipinski definition) is 5. The highest BCUT2D eigenvalue weighted by Gasteiger charge is 2.26. The second-order valence-electron chi connectivity index (χ2n) is 6.63. The fourth-order valence-electron chi connectivity index (χ4n) is 3.49. The number of hydrogen-bond donors (Lipinski definition) is 1. The van der Waals surface area contributed by atoms with E-state index in [1.54, 1.807) is 12.4 Å². The summed E-state index contributed by atoms with van der Waals surface area (Å²) >= 11 is 0. The molecule has 2 aromatic heterocycles. The van der Waals surface area contributed by atoms with Crippen molar-refractivity contribution in [3.63, 3.8) is 0 Å². The van der Waals surface area contributed by atoms with E-state index in [2.05, 4.69) is 20.3 Å². The maximum absolute atomic E-state index is 12.3. The monoisotopic (exact) mass is 341 g/mol. The van der Waals surface area contributed by atoms with Crippen LogP contribution in [0.15, 0.2) is 30.6 Å². The summed E-state index contributed by atoms with van der Waals surface area (Å²) in [5.74, 6) is 0.721. The van der Waals surface area contributed by atoms with Crippen molar-refractivity contribution in [3.05, 3.63) is 42.0 Å². The van der Waals surface area contributed by atoms with Gasteiger partial charge in [0.15, 0.2) is 0 Å². The van der Waals surface area contributed by atoms with Crippen LogP contribution in [0, 0.1) is 0 Å². The highest BCUT2D eigenvalue weighted by molar-refractivity contribution is 5.92. The Labute approximate surface area is 147 Å². The van der Waals surface area contributed by atoms with Crippen LogP contribution in [-0.2, 0) is 13.0 Å². The summed E-state index contributed by atoms with van der Waals surface area (Å²) in [5, 5.41) is 7.40. The maximum atomic E-state index is 12.3. The van der Waals surface area contributed by atoms with Crippen molar-refractivity contribution >= 4 is 5.91 Å². The van der Waals surface area contributed by atoms with Crippen molar-refractivity contribution in [1.82, 2.24) is 25.0 Å². The summed E-state index contributed by atoms with van der Waals surface area (Å²) in [6, 6.07) is 5.57. The second kappa shape index (κ2) is 7.23. The van der Waals surface area contributed by atoms with Gasteiger partial charge in [0.05, 0.1) is 6.54 Å². The summed E-state index contributed by atoms with van der Waals surface area (Å²) in [6.07, 6.45) is 6.78. The third-order valence-electron chi connectivity index (χ3n) is 4.77. The first-order valence-electron chi connectivity index (χ1n) is 8.92. The molecule has 132 valence electrons. The van der Waals surface area contributed by atoms with Crippen molar-refractivity contribution in [1.29, 1.82) is 0 Å². The van der Waals surface area contributed by atoms with Gasteiger partial charge in [-0.25, -0.2) is 0 Å². The minimum atomic E-state index is -0.0901. The minimum absolute atomic E-state index is 0.0529. The van der Waals surface area contributed by atoms with Gasteiger partial charge in [-0.3, -0.25) is 14.5 Å². The summed E-state index contributed by atoms with van der Waals surface area (Å²) in [6.45, 7) is 4.55. The van der Waals surface area contributed by atoms with Crippen LogP contribution in [0.25, 0.3) is 0 Å². The second-order valence-corrected chi connectivity index (χ2v) is 6.63. The molecule has 0 bridgehead atoms. The first-order chi connectivity index (χ1) is 12.3. The van der Waals surface area contributed by atoms with E-state index < -0.39 is 0 Å². The fraction of sp³-hybridized carbons (Fsp3) is 0.500. The van der Waals surface area contributed by atoms with Gasteiger partial charge in [0.25, 0.3) is 5.91 Å². The molecule has 2 aliphatic heterocycles. The summed E-state index contributed by atoms with van der Waals surface area (Å²) in [5.41, 5.74) is 1.54. The average molecular weight is 341 g/mol. The van der Waals surface area contributed by atoms with Crippen molar-refractivity contribution in [2.24, 2.45) is 0 Å². The van der Waals surface area contributed by atoms with Gasteiger partial charge in [-0.2, -0.15) is 5.10 Å². The number of pyridine rings is 1. The van der Waals surface area contributed by atoms with E-state index in [9.17, 15) is 4.79 Å². The van der Waals surface area contributed by atoms with Crippen LogP contribution in [0.3, 0.4) is 0 Å². The molecular weight excluding hydrogens is 318 g/mol. The number of nitrogens with one attached hydrogen (secondary N) is 1. The first-order valence-corrected chi connectivity index (χ1v) is 8.92. The smallest absolute Gasteiger partial charge is 0.271 e. The van der Waals surface area contributed by atoms with E-state index in [0.717, 1.165) is 37.5 Å². The number of likely N-dealkylation sites (tertiary alicyclic amines) is 1. The van der Waals surface area contributed by atoms with Crippen LogP contribution < -0.4 is 10.1 Å². The lowest BCUT2D eigenvalue weighted by molar-refractivity contribution is 0.0943. The van der Waals surface area contributed by atoms with Crippen LogP contribution in [-0.4, -0.2) is 57.9 Å². The molecule has 7 heteroatoms. The number of rotatable bonds is 6. The fourth-order valence-corrected chi connectivity index (χ4v) is 3.49. The highest BCUT2D eigenvalue weighted by Crippen LogP contribution is 2.21. The van der Waals surface area contributed by atoms with Crippen LogP contribution in [0.4, 0.5) is 0 Å². The predicted octanol–water partition coefficient (Wildman–Crippen LogP) is 1.11. The molecule has 0 saturated carbocycles. The van der Waals surface area contributed by atoms with Crippen LogP contribution in [0.1, 0.15) is 29.0 Å². The lowest BCUT2D eigenvalue weighted by atomic mass is 10.2. The highest BCUT2D eigenvalue weighted by atomic mass is 16.5. The van der Waals surface area contributed by atoms with Crippen molar-refractivity contribution in [2.45, 2.75) is 31.9 Å². The van der Waals surface area contributed by atoms with Crippen LogP contribution >= 0.6 is 0 Å². The normalized spacial score (nSPS) is 19.8. The maximum Gasteiger partial charge on any atom is 0.271 e. The molecule has 25 heavy (non-hydrogen) atoms. The van der Waals surface area contributed by atoms with E-state index in [0.29, 0.717) is 18.8 Å². The first kappa shape index (κ1) is 16.1. The minimum Gasteiger partial charge on any atom is -0.488 e. The number of fused-ring (bicyclic) bond motifs is 1. The number of carbonyl (C=O) groups excluding carboxylic acids is 1. The largest absolute Gasteiger partial charge is 0.488 e. The van der Waals surface area contributed by atoms with Gasteiger partial charge >= 0.3 is 0 Å². The molecule has 1 atom stereocenters. The standard InChI is InChI=1S/C18H23N5O2/c24-18(20-7-10-22-8-1-2-9-22)17-12-14-11-16(13-23(14)21-17)25-15-3-5-19-6-4-15/h3-6,12,16H,1-2,7-11,13H2,(H,20,24)/t16-/m0/s1. The Balaban J connectivity index is 1.27. The Morgan fingerprint density at radius 2 is 2.08 bits per heavy atom.